The Hall–Kier alpha value is -5.99. The molecule has 0 saturated heterocycles. The molecule has 2 heterocycles. The molecule has 4 atom stereocenters. The molecule has 5 rings (SSSR count). The van der Waals surface area contributed by atoms with Gasteiger partial charge in [-0.05, 0) is 74.0 Å². The molecule has 2 aromatic heterocycles. The van der Waals surface area contributed by atoms with Crippen LogP contribution in [0.4, 0.5) is 0 Å². The standard InChI is InChI=1S/C42H53N9O5/c43-20-10-8-18-34(39(45)53)49-40(54)35(22-27-12-2-1-3-13-27)50-42(56)37(24-29-26-47-33-17-7-5-15-31(29)33)51-41(55)36(48-38(52)19-9-11-21-44)23-28-25-46-32-16-6-4-14-30(28)32/h1-7,12-17,25-26,34-37,46-47H,8-11,18-24,43-44H2,(H2,45,53)(H,48,52)(H,49,54)(H,50,56)(H,51,55)/t34-,35?,36+,37?/m0/s1. The molecule has 3 aromatic carbocycles. The molecule has 0 aliphatic heterocycles. The first-order chi connectivity index (χ1) is 27.2. The molecule has 14 heteroatoms. The lowest BCUT2D eigenvalue weighted by molar-refractivity contribution is -0.134. The van der Waals surface area contributed by atoms with Crippen LogP contribution in [0.15, 0.2) is 91.3 Å². The average Bonchev–Trinajstić information content (AvgIpc) is 3.81. The van der Waals surface area contributed by atoms with Crippen molar-refractivity contribution in [2.24, 2.45) is 17.2 Å². The Morgan fingerprint density at radius 3 is 1.54 bits per heavy atom. The second-order valence-electron chi connectivity index (χ2n) is 14.1. The highest BCUT2D eigenvalue weighted by molar-refractivity contribution is 5.96. The van der Waals surface area contributed by atoms with Crippen molar-refractivity contribution in [2.75, 3.05) is 13.1 Å². The summed E-state index contributed by atoms with van der Waals surface area (Å²) in [7, 11) is 0. The van der Waals surface area contributed by atoms with Gasteiger partial charge in [-0.2, -0.15) is 0 Å². The molecular weight excluding hydrogens is 711 g/mol. The summed E-state index contributed by atoms with van der Waals surface area (Å²) in [5.41, 5.74) is 21.0. The number of fused-ring (bicyclic) bond motifs is 2. The van der Waals surface area contributed by atoms with Crippen molar-refractivity contribution in [1.29, 1.82) is 0 Å². The van der Waals surface area contributed by atoms with Crippen LogP contribution in [0.5, 0.6) is 0 Å². The van der Waals surface area contributed by atoms with Crippen LogP contribution in [-0.2, 0) is 43.2 Å². The first-order valence-electron chi connectivity index (χ1n) is 19.2. The first kappa shape index (κ1) is 41.2. The van der Waals surface area contributed by atoms with Gasteiger partial charge in [-0.1, -0.05) is 66.7 Å². The zero-order valence-electron chi connectivity index (χ0n) is 31.5. The summed E-state index contributed by atoms with van der Waals surface area (Å²) in [6, 6.07) is 20.1. The number of para-hydroxylation sites is 2. The molecule has 5 amide bonds. The van der Waals surface area contributed by atoms with Gasteiger partial charge >= 0.3 is 0 Å². The van der Waals surface area contributed by atoms with E-state index in [9.17, 15) is 24.0 Å². The zero-order chi connectivity index (χ0) is 39.9. The molecule has 12 N–H and O–H groups in total. The minimum absolute atomic E-state index is 0.0640. The predicted molar refractivity (Wildman–Crippen MR) is 217 cm³/mol. The third-order valence-corrected chi connectivity index (χ3v) is 9.86. The Balaban J connectivity index is 1.44. The van der Waals surface area contributed by atoms with Crippen LogP contribution >= 0.6 is 0 Å². The summed E-state index contributed by atoms with van der Waals surface area (Å²) in [6.07, 6.45) is 6.82. The Kier molecular flexibility index (Phi) is 15.2. The van der Waals surface area contributed by atoms with Crippen LogP contribution in [-0.4, -0.2) is 76.8 Å². The zero-order valence-corrected chi connectivity index (χ0v) is 31.5. The van der Waals surface area contributed by atoms with E-state index in [4.69, 9.17) is 17.2 Å². The number of benzene rings is 3. The Morgan fingerprint density at radius 2 is 1.00 bits per heavy atom. The van der Waals surface area contributed by atoms with Crippen molar-refractivity contribution in [2.45, 2.75) is 82.0 Å². The van der Waals surface area contributed by atoms with Crippen LogP contribution in [0, 0.1) is 0 Å². The van der Waals surface area contributed by atoms with E-state index in [1.54, 1.807) is 6.20 Å². The molecule has 0 radical (unpaired) electrons. The summed E-state index contributed by atoms with van der Waals surface area (Å²) in [5, 5.41) is 13.2. The highest BCUT2D eigenvalue weighted by Crippen LogP contribution is 2.21. The van der Waals surface area contributed by atoms with Gasteiger partial charge in [0.15, 0.2) is 0 Å². The number of unbranched alkanes of at least 4 members (excludes halogenated alkanes) is 2. The SMILES string of the molecule is NCCCCC(=O)N[C@H](Cc1c[nH]c2ccccc12)C(=O)NC(Cc1c[nH]c2ccccc12)C(=O)NC(Cc1ccccc1)C(=O)N[C@@H](CCCCN)C(N)=O. The third kappa shape index (κ3) is 11.5. The van der Waals surface area contributed by atoms with E-state index in [0.717, 1.165) is 38.5 Å². The fraction of sp³-hybridized carbons (Fsp3) is 0.357. The lowest BCUT2D eigenvalue weighted by Crippen LogP contribution is -2.59. The number of H-pyrrole nitrogens is 2. The van der Waals surface area contributed by atoms with Gasteiger partial charge in [0.1, 0.15) is 24.2 Å². The van der Waals surface area contributed by atoms with Gasteiger partial charge in [0, 0.05) is 59.9 Å². The second kappa shape index (κ2) is 20.6. The summed E-state index contributed by atoms with van der Waals surface area (Å²) in [4.78, 5) is 74.6. The van der Waals surface area contributed by atoms with E-state index in [1.807, 2.05) is 85.1 Å². The molecule has 0 spiro atoms. The van der Waals surface area contributed by atoms with Crippen molar-refractivity contribution in [3.63, 3.8) is 0 Å². The Morgan fingerprint density at radius 1 is 0.536 bits per heavy atom. The summed E-state index contributed by atoms with van der Waals surface area (Å²) < 4.78 is 0. The topological polar surface area (TPSA) is 243 Å². The van der Waals surface area contributed by atoms with Crippen LogP contribution in [0.3, 0.4) is 0 Å². The van der Waals surface area contributed by atoms with Gasteiger partial charge in [-0.15, -0.1) is 0 Å². The third-order valence-electron chi connectivity index (χ3n) is 9.86. The van der Waals surface area contributed by atoms with E-state index in [1.165, 1.54) is 0 Å². The largest absolute Gasteiger partial charge is 0.368 e. The van der Waals surface area contributed by atoms with Crippen LogP contribution < -0.4 is 38.5 Å². The number of aromatic nitrogens is 2. The van der Waals surface area contributed by atoms with E-state index >= 15 is 0 Å². The average molecular weight is 764 g/mol. The van der Waals surface area contributed by atoms with Gasteiger partial charge < -0.3 is 48.4 Å². The Bertz CT molecular complexity index is 2080. The normalized spacial score (nSPS) is 13.4. The number of hydrogen-bond donors (Lipinski definition) is 9. The summed E-state index contributed by atoms with van der Waals surface area (Å²) in [5.74, 6) is -2.81. The number of aromatic amines is 2. The number of hydrogen-bond acceptors (Lipinski definition) is 7. The maximum atomic E-state index is 14.5. The number of carbonyl (C=O) groups is 5. The van der Waals surface area contributed by atoms with E-state index in [-0.39, 0.29) is 31.6 Å². The van der Waals surface area contributed by atoms with E-state index in [0.29, 0.717) is 45.2 Å². The highest BCUT2D eigenvalue weighted by Gasteiger charge is 2.32. The second-order valence-corrected chi connectivity index (χ2v) is 14.1. The van der Waals surface area contributed by atoms with Gasteiger partial charge in [0.2, 0.25) is 29.5 Å². The fourth-order valence-electron chi connectivity index (χ4n) is 6.81. The smallest absolute Gasteiger partial charge is 0.243 e. The lowest BCUT2D eigenvalue weighted by atomic mass is 10.00. The van der Waals surface area contributed by atoms with E-state index < -0.39 is 47.8 Å². The summed E-state index contributed by atoms with van der Waals surface area (Å²) >= 11 is 0. The molecule has 56 heavy (non-hydrogen) atoms. The molecule has 5 aromatic rings. The number of nitrogens with one attached hydrogen (secondary N) is 6. The first-order valence-corrected chi connectivity index (χ1v) is 19.2. The minimum Gasteiger partial charge on any atom is -0.368 e. The minimum atomic E-state index is -1.18. The fourth-order valence-corrected chi connectivity index (χ4v) is 6.81. The molecule has 0 aliphatic carbocycles. The lowest BCUT2D eigenvalue weighted by Gasteiger charge is -2.26. The molecule has 2 unspecified atom stereocenters. The maximum Gasteiger partial charge on any atom is 0.243 e. The monoisotopic (exact) mass is 763 g/mol. The van der Waals surface area contributed by atoms with Crippen molar-refractivity contribution >= 4 is 51.3 Å². The van der Waals surface area contributed by atoms with Crippen molar-refractivity contribution in [3.8, 4) is 0 Å². The van der Waals surface area contributed by atoms with E-state index in [2.05, 4.69) is 31.2 Å². The van der Waals surface area contributed by atoms with Crippen molar-refractivity contribution in [1.82, 2.24) is 31.2 Å². The maximum absolute atomic E-state index is 14.5. The number of primary amides is 1. The van der Waals surface area contributed by atoms with Gasteiger partial charge in [0.25, 0.3) is 0 Å². The molecule has 0 aliphatic rings. The van der Waals surface area contributed by atoms with Crippen LogP contribution in [0.2, 0.25) is 0 Å². The predicted octanol–water partition coefficient (Wildman–Crippen LogP) is 2.36. The molecule has 0 fully saturated rings. The number of carbonyl (C=O) groups excluding carboxylic acids is 5. The Labute approximate surface area is 326 Å². The number of rotatable bonds is 22. The molecule has 0 saturated carbocycles. The molecule has 0 bridgehead atoms. The molecule has 14 nitrogen and oxygen atoms in total. The summed E-state index contributed by atoms with van der Waals surface area (Å²) in [6.45, 7) is 0.869. The van der Waals surface area contributed by atoms with Crippen LogP contribution in [0.1, 0.15) is 55.2 Å². The van der Waals surface area contributed by atoms with Crippen molar-refractivity contribution < 1.29 is 24.0 Å². The van der Waals surface area contributed by atoms with Gasteiger partial charge in [-0.3, -0.25) is 24.0 Å². The quantitative estimate of drug-likeness (QED) is 0.0476. The number of amides is 5. The number of nitrogens with two attached hydrogens (primary N) is 3. The highest BCUT2D eigenvalue weighted by atomic mass is 16.2. The van der Waals surface area contributed by atoms with Crippen molar-refractivity contribution in [3.05, 3.63) is 108 Å². The van der Waals surface area contributed by atoms with Gasteiger partial charge in [0.05, 0.1) is 0 Å². The van der Waals surface area contributed by atoms with Gasteiger partial charge in [-0.25, -0.2) is 0 Å². The molecule has 296 valence electrons. The van der Waals surface area contributed by atoms with Crippen LogP contribution in [0.25, 0.3) is 21.8 Å². The molecular formula is C42H53N9O5.